The molecule has 1 rings (SSSR count). The summed E-state index contributed by atoms with van der Waals surface area (Å²) in [5.74, 6) is 0. The molecule has 0 aliphatic heterocycles. The third-order valence-electron chi connectivity index (χ3n) is 2.64. The van der Waals surface area contributed by atoms with Gasteiger partial charge in [0, 0.05) is 24.5 Å². The number of aromatic nitrogens is 2. The van der Waals surface area contributed by atoms with Gasteiger partial charge in [-0.15, -0.1) is 0 Å². The highest BCUT2D eigenvalue weighted by Crippen LogP contribution is 2.27. The smallest absolute Gasteiger partial charge is 0.299 e. The van der Waals surface area contributed by atoms with Crippen LogP contribution in [0.5, 0.6) is 0 Å². The standard InChI is InChI=1S/C8H19N.C5H2ClF3N2/c1-6-9(7(2)3)8(4)5;6-4-10-1-3(2-11-4)5(7,8)9/h7-8H,6H2,1-5H3;1-2H. The molecule has 0 amide bonds. The highest BCUT2D eigenvalue weighted by atomic mass is 35.5. The van der Waals surface area contributed by atoms with Gasteiger partial charge < -0.3 is 0 Å². The van der Waals surface area contributed by atoms with Gasteiger partial charge in [-0.3, -0.25) is 4.90 Å². The van der Waals surface area contributed by atoms with E-state index in [9.17, 15) is 13.2 Å². The van der Waals surface area contributed by atoms with E-state index in [1.165, 1.54) is 0 Å². The summed E-state index contributed by atoms with van der Waals surface area (Å²) >= 11 is 5.17. The minimum atomic E-state index is -4.40. The van der Waals surface area contributed by atoms with Crippen molar-refractivity contribution in [3.05, 3.63) is 23.2 Å². The monoisotopic (exact) mass is 311 g/mol. The quantitative estimate of drug-likeness (QED) is 0.780. The molecule has 0 radical (unpaired) electrons. The van der Waals surface area contributed by atoms with Crippen molar-refractivity contribution in [2.75, 3.05) is 6.54 Å². The van der Waals surface area contributed by atoms with Gasteiger partial charge in [0.05, 0.1) is 5.56 Å². The Hall–Kier alpha value is -0.880. The number of alkyl halides is 3. The Bertz CT molecular complexity index is 369. The van der Waals surface area contributed by atoms with E-state index >= 15 is 0 Å². The second-order valence-electron chi connectivity index (χ2n) is 4.76. The van der Waals surface area contributed by atoms with Crippen molar-refractivity contribution in [1.29, 1.82) is 0 Å². The summed E-state index contributed by atoms with van der Waals surface area (Å²) in [4.78, 5) is 8.82. The lowest BCUT2D eigenvalue weighted by atomic mass is 10.2. The first-order valence-corrected chi connectivity index (χ1v) is 6.77. The van der Waals surface area contributed by atoms with Crippen LogP contribution < -0.4 is 0 Å². The number of hydrogen-bond donors (Lipinski definition) is 0. The zero-order chi connectivity index (χ0) is 15.9. The molecular formula is C13H21ClF3N3. The van der Waals surface area contributed by atoms with Gasteiger partial charge in [0.1, 0.15) is 0 Å². The van der Waals surface area contributed by atoms with E-state index in [1.807, 2.05) is 0 Å². The maximum absolute atomic E-state index is 11.8. The number of halogens is 4. The molecule has 0 aliphatic carbocycles. The van der Waals surface area contributed by atoms with Crippen LogP contribution in [0.4, 0.5) is 13.2 Å². The molecule has 7 heteroatoms. The zero-order valence-electron chi connectivity index (χ0n) is 12.4. The molecular weight excluding hydrogens is 291 g/mol. The average molecular weight is 312 g/mol. The first-order valence-electron chi connectivity index (χ1n) is 6.40. The summed E-state index contributed by atoms with van der Waals surface area (Å²) in [6, 6.07) is 1.38. The van der Waals surface area contributed by atoms with Gasteiger partial charge in [0.25, 0.3) is 0 Å². The normalized spacial score (nSPS) is 11.8. The fourth-order valence-electron chi connectivity index (χ4n) is 1.79. The first-order chi connectivity index (χ1) is 9.09. The SMILES string of the molecule is CCN(C(C)C)C(C)C.FC(F)(F)c1cnc(Cl)nc1. The fraction of sp³-hybridized carbons (Fsp3) is 0.692. The molecule has 0 fully saturated rings. The molecule has 0 aromatic carbocycles. The molecule has 0 saturated carbocycles. The number of rotatable bonds is 3. The molecule has 1 aromatic rings. The third kappa shape index (κ3) is 7.05. The Morgan fingerprint density at radius 3 is 1.70 bits per heavy atom. The fourth-order valence-corrected chi connectivity index (χ4v) is 1.88. The summed E-state index contributed by atoms with van der Waals surface area (Å²) in [5, 5.41) is -0.196. The summed E-state index contributed by atoms with van der Waals surface area (Å²) in [6.45, 7) is 12.3. The van der Waals surface area contributed by atoms with E-state index < -0.39 is 11.7 Å². The molecule has 20 heavy (non-hydrogen) atoms. The Kier molecular flexibility index (Phi) is 8.05. The van der Waals surface area contributed by atoms with E-state index in [-0.39, 0.29) is 5.28 Å². The van der Waals surface area contributed by atoms with Crippen LogP contribution in [0.2, 0.25) is 5.28 Å². The molecule has 0 N–H and O–H groups in total. The Morgan fingerprint density at radius 1 is 1.10 bits per heavy atom. The molecule has 0 aliphatic rings. The van der Waals surface area contributed by atoms with Crippen LogP contribution in [0, 0.1) is 0 Å². The van der Waals surface area contributed by atoms with Crippen molar-refractivity contribution in [2.45, 2.75) is 52.9 Å². The van der Waals surface area contributed by atoms with Gasteiger partial charge in [0.15, 0.2) is 0 Å². The predicted octanol–water partition coefficient (Wildman–Crippen LogP) is 4.27. The van der Waals surface area contributed by atoms with Crippen LogP contribution in [-0.2, 0) is 6.18 Å². The van der Waals surface area contributed by atoms with Crippen molar-refractivity contribution < 1.29 is 13.2 Å². The van der Waals surface area contributed by atoms with E-state index in [0.717, 1.165) is 6.54 Å². The molecule has 0 unspecified atom stereocenters. The molecule has 116 valence electrons. The largest absolute Gasteiger partial charge is 0.419 e. The second-order valence-corrected chi connectivity index (χ2v) is 5.09. The van der Waals surface area contributed by atoms with Crippen molar-refractivity contribution in [3.8, 4) is 0 Å². The molecule has 1 heterocycles. The van der Waals surface area contributed by atoms with Crippen LogP contribution in [0.15, 0.2) is 12.4 Å². The molecule has 0 saturated heterocycles. The van der Waals surface area contributed by atoms with Gasteiger partial charge in [0.2, 0.25) is 5.28 Å². The van der Waals surface area contributed by atoms with E-state index in [2.05, 4.69) is 49.5 Å². The molecule has 3 nitrogen and oxygen atoms in total. The lowest BCUT2D eigenvalue weighted by molar-refractivity contribution is -0.138. The van der Waals surface area contributed by atoms with Crippen molar-refractivity contribution in [3.63, 3.8) is 0 Å². The van der Waals surface area contributed by atoms with E-state index in [0.29, 0.717) is 24.5 Å². The van der Waals surface area contributed by atoms with Crippen LogP contribution in [0.25, 0.3) is 0 Å². The molecule has 0 bridgehead atoms. The summed E-state index contributed by atoms with van der Waals surface area (Å²) in [7, 11) is 0. The van der Waals surface area contributed by atoms with E-state index in [4.69, 9.17) is 11.6 Å². The predicted molar refractivity (Wildman–Crippen MR) is 74.7 cm³/mol. The third-order valence-corrected chi connectivity index (χ3v) is 2.83. The highest BCUT2D eigenvalue weighted by molar-refractivity contribution is 6.28. The van der Waals surface area contributed by atoms with Crippen LogP contribution in [-0.4, -0.2) is 33.5 Å². The topological polar surface area (TPSA) is 29.0 Å². The highest BCUT2D eigenvalue weighted by Gasteiger charge is 2.31. The zero-order valence-corrected chi connectivity index (χ0v) is 13.1. The Morgan fingerprint density at radius 2 is 1.50 bits per heavy atom. The van der Waals surface area contributed by atoms with Gasteiger partial charge in [-0.2, -0.15) is 13.2 Å². The van der Waals surface area contributed by atoms with Crippen LogP contribution in [0.1, 0.15) is 40.2 Å². The van der Waals surface area contributed by atoms with Gasteiger partial charge in [-0.1, -0.05) is 6.92 Å². The lowest BCUT2D eigenvalue weighted by Crippen LogP contribution is -2.36. The van der Waals surface area contributed by atoms with Gasteiger partial charge in [-0.05, 0) is 45.8 Å². The Balaban J connectivity index is 0.000000370. The van der Waals surface area contributed by atoms with Crippen molar-refractivity contribution >= 4 is 11.6 Å². The number of nitrogens with zero attached hydrogens (tertiary/aromatic N) is 3. The maximum atomic E-state index is 11.8. The van der Waals surface area contributed by atoms with E-state index in [1.54, 1.807) is 0 Å². The summed E-state index contributed by atoms with van der Waals surface area (Å²) in [5.41, 5.74) is -0.901. The van der Waals surface area contributed by atoms with Crippen molar-refractivity contribution in [1.82, 2.24) is 14.9 Å². The van der Waals surface area contributed by atoms with Gasteiger partial charge in [-0.25, -0.2) is 9.97 Å². The summed E-state index contributed by atoms with van der Waals surface area (Å²) < 4.78 is 35.4. The first kappa shape index (κ1) is 19.1. The maximum Gasteiger partial charge on any atom is 0.419 e. The summed E-state index contributed by atoms with van der Waals surface area (Å²) in [6.07, 6.45) is -3.13. The molecule has 1 aromatic heterocycles. The van der Waals surface area contributed by atoms with Crippen LogP contribution in [0.3, 0.4) is 0 Å². The van der Waals surface area contributed by atoms with Crippen LogP contribution >= 0.6 is 11.6 Å². The number of hydrogen-bond acceptors (Lipinski definition) is 3. The lowest BCUT2D eigenvalue weighted by Gasteiger charge is -2.28. The molecule has 0 atom stereocenters. The van der Waals surface area contributed by atoms with Gasteiger partial charge >= 0.3 is 6.18 Å². The van der Waals surface area contributed by atoms with Crippen molar-refractivity contribution in [2.24, 2.45) is 0 Å². The minimum Gasteiger partial charge on any atom is -0.299 e. The minimum absolute atomic E-state index is 0.196. The Labute approximate surface area is 123 Å². The second kappa shape index (κ2) is 8.42. The average Bonchev–Trinajstić information content (AvgIpc) is 2.28. The molecule has 0 spiro atoms.